The average Bonchev–Trinajstić information content (AvgIpc) is 2.69. The largest absolute Gasteiger partial charge is 0.481 e. The lowest BCUT2D eigenvalue weighted by atomic mass is 9.92. The quantitative estimate of drug-likeness (QED) is 0.713. The molecule has 2 N–H and O–H groups in total. The summed E-state index contributed by atoms with van der Waals surface area (Å²) in [5.41, 5.74) is 0. The molecule has 4 heterocycles. The van der Waals surface area contributed by atoms with E-state index in [0.717, 1.165) is 51.4 Å². The second-order valence-electron chi connectivity index (χ2n) is 7.58. The topological polar surface area (TPSA) is 85.9 Å². The van der Waals surface area contributed by atoms with Crippen molar-refractivity contribution in [1.29, 1.82) is 0 Å². The summed E-state index contributed by atoms with van der Waals surface area (Å²) in [6.07, 6.45) is 3.84. The summed E-state index contributed by atoms with van der Waals surface area (Å²) in [5, 5.41) is 6.82. The summed E-state index contributed by atoms with van der Waals surface area (Å²) in [5.74, 6) is 1.62. The molecule has 4 rings (SSSR count). The van der Waals surface area contributed by atoms with Gasteiger partial charge in [-0.1, -0.05) is 0 Å². The van der Waals surface area contributed by atoms with Crippen molar-refractivity contribution < 1.29 is 9.53 Å². The number of nitrogens with one attached hydrogen (secondary N) is 2. The number of fused-ring (bicyclic) bond motifs is 1. The zero-order chi connectivity index (χ0) is 18.8. The summed E-state index contributed by atoms with van der Waals surface area (Å²) < 4.78 is 5.17. The highest BCUT2D eigenvalue weighted by molar-refractivity contribution is 5.80. The van der Waals surface area contributed by atoms with Crippen molar-refractivity contribution in [2.75, 3.05) is 46.9 Å². The minimum atomic E-state index is -0.0884. The number of piperazine rings is 1. The SMILES string of the molecule is COc1ccnc(CN2CCN(C3NC(=O)C4CCCN(C)C4N3)CC2)n1. The molecule has 3 aliphatic rings. The van der Waals surface area contributed by atoms with Crippen LogP contribution in [0.2, 0.25) is 0 Å². The Hall–Kier alpha value is -1.81. The third-order valence-corrected chi connectivity index (χ3v) is 5.85. The maximum absolute atomic E-state index is 12.5. The number of carbonyl (C=O) groups excluding carboxylic acids is 1. The maximum Gasteiger partial charge on any atom is 0.228 e. The Morgan fingerprint density at radius 2 is 2.07 bits per heavy atom. The first kappa shape index (κ1) is 18.5. The van der Waals surface area contributed by atoms with Gasteiger partial charge in [-0.2, -0.15) is 4.98 Å². The van der Waals surface area contributed by atoms with Crippen molar-refractivity contribution in [3.63, 3.8) is 0 Å². The number of amides is 1. The van der Waals surface area contributed by atoms with Crippen LogP contribution >= 0.6 is 0 Å². The molecule has 3 aliphatic heterocycles. The van der Waals surface area contributed by atoms with Crippen molar-refractivity contribution >= 4 is 5.91 Å². The molecule has 3 fully saturated rings. The number of rotatable bonds is 4. The van der Waals surface area contributed by atoms with E-state index in [1.807, 2.05) is 0 Å². The van der Waals surface area contributed by atoms with Crippen LogP contribution in [0.1, 0.15) is 18.7 Å². The first-order valence-corrected chi connectivity index (χ1v) is 9.73. The molecule has 1 aromatic heterocycles. The molecule has 0 spiro atoms. The van der Waals surface area contributed by atoms with Crippen LogP contribution in [-0.4, -0.2) is 89.9 Å². The van der Waals surface area contributed by atoms with Crippen LogP contribution < -0.4 is 15.4 Å². The van der Waals surface area contributed by atoms with Gasteiger partial charge in [0.2, 0.25) is 11.8 Å². The molecule has 9 nitrogen and oxygen atoms in total. The van der Waals surface area contributed by atoms with E-state index in [-0.39, 0.29) is 24.3 Å². The fourth-order valence-corrected chi connectivity index (χ4v) is 4.27. The highest BCUT2D eigenvalue weighted by atomic mass is 16.5. The van der Waals surface area contributed by atoms with Gasteiger partial charge in [0.15, 0.2) is 0 Å². The number of piperidine rings is 1. The Labute approximate surface area is 160 Å². The van der Waals surface area contributed by atoms with E-state index in [2.05, 4.69) is 42.3 Å². The number of likely N-dealkylation sites (tertiary alicyclic amines) is 1. The molecule has 0 radical (unpaired) electrons. The van der Waals surface area contributed by atoms with Crippen molar-refractivity contribution in [2.24, 2.45) is 5.92 Å². The Kier molecular flexibility index (Phi) is 5.53. The monoisotopic (exact) mass is 375 g/mol. The van der Waals surface area contributed by atoms with Gasteiger partial charge in [-0.25, -0.2) is 4.98 Å². The normalized spacial score (nSPS) is 30.6. The van der Waals surface area contributed by atoms with Gasteiger partial charge in [0.1, 0.15) is 12.1 Å². The van der Waals surface area contributed by atoms with Gasteiger partial charge in [-0.05, 0) is 26.4 Å². The molecule has 3 atom stereocenters. The second kappa shape index (κ2) is 8.05. The zero-order valence-corrected chi connectivity index (χ0v) is 16.1. The van der Waals surface area contributed by atoms with Gasteiger partial charge >= 0.3 is 0 Å². The second-order valence-corrected chi connectivity index (χ2v) is 7.58. The highest BCUT2D eigenvalue weighted by Gasteiger charge is 2.42. The summed E-state index contributed by atoms with van der Waals surface area (Å²) in [4.78, 5) is 28.2. The number of carbonyl (C=O) groups is 1. The van der Waals surface area contributed by atoms with Crippen molar-refractivity contribution in [3.05, 3.63) is 18.1 Å². The molecule has 1 aromatic rings. The number of hydrogen-bond acceptors (Lipinski definition) is 8. The fraction of sp³-hybridized carbons (Fsp3) is 0.722. The molecule has 3 saturated heterocycles. The van der Waals surface area contributed by atoms with Crippen LogP contribution in [0.25, 0.3) is 0 Å². The van der Waals surface area contributed by atoms with Gasteiger partial charge < -0.3 is 10.1 Å². The molecule has 0 saturated carbocycles. The van der Waals surface area contributed by atoms with Crippen LogP contribution in [0, 0.1) is 5.92 Å². The van der Waals surface area contributed by atoms with E-state index in [0.29, 0.717) is 12.4 Å². The van der Waals surface area contributed by atoms with Crippen LogP contribution in [0.3, 0.4) is 0 Å². The van der Waals surface area contributed by atoms with Crippen LogP contribution in [0.5, 0.6) is 5.88 Å². The first-order valence-electron chi connectivity index (χ1n) is 9.73. The van der Waals surface area contributed by atoms with E-state index < -0.39 is 0 Å². The van der Waals surface area contributed by atoms with E-state index in [4.69, 9.17) is 4.74 Å². The predicted molar refractivity (Wildman–Crippen MR) is 99.6 cm³/mol. The molecule has 27 heavy (non-hydrogen) atoms. The summed E-state index contributed by atoms with van der Waals surface area (Å²) in [6, 6.07) is 1.76. The number of ether oxygens (including phenoxy) is 1. The fourth-order valence-electron chi connectivity index (χ4n) is 4.27. The summed E-state index contributed by atoms with van der Waals surface area (Å²) in [7, 11) is 3.72. The molecular weight excluding hydrogens is 346 g/mol. The van der Waals surface area contributed by atoms with Crippen molar-refractivity contribution in [3.8, 4) is 5.88 Å². The Morgan fingerprint density at radius 1 is 1.26 bits per heavy atom. The molecule has 0 aromatic carbocycles. The average molecular weight is 375 g/mol. The zero-order valence-electron chi connectivity index (χ0n) is 16.1. The Bertz CT molecular complexity index is 665. The smallest absolute Gasteiger partial charge is 0.228 e. The van der Waals surface area contributed by atoms with Gasteiger partial charge in [0, 0.05) is 38.4 Å². The molecule has 0 aliphatic carbocycles. The number of aromatic nitrogens is 2. The number of nitrogens with zero attached hydrogens (tertiary/aromatic N) is 5. The Balaban J connectivity index is 1.32. The van der Waals surface area contributed by atoms with E-state index in [1.54, 1.807) is 19.4 Å². The number of methoxy groups -OCH3 is 1. The standard InChI is InChI=1S/C18H29N7O2/c1-23-7-3-4-13-16(23)21-18(22-17(13)26)25-10-8-24(9-11-25)12-14-19-6-5-15(20-14)27-2/h5-6,13,16,18,21H,3-4,7-12H2,1-2H3,(H,22,26). The lowest BCUT2D eigenvalue weighted by Gasteiger charge is -2.49. The summed E-state index contributed by atoms with van der Waals surface area (Å²) >= 11 is 0. The molecular formula is C18H29N7O2. The third-order valence-electron chi connectivity index (χ3n) is 5.85. The van der Waals surface area contributed by atoms with Gasteiger partial charge in [-0.3, -0.25) is 24.8 Å². The minimum absolute atomic E-state index is 0.0616. The highest BCUT2D eigenvalue weighted by Crippen LogP contribution is 2.24. The minimum Gasteiger partial charge on any atom is -0.481 e. The predicted octanol–water partition coefficient (Wildman–Crippen LogP) is -0.726. The molecule has 3 unspecified atom stereocenters. The lowest BCUT2D eigenvalue weighted by molar-refractivity contribution is -0.139. The summed E-state index contributed by atoms with van der Waals surface area (Å²) in [6.45, 7) is 5.37. The van der Waals surface area contributed by atoms with Crippen LogP contribution in [0.4, 0.5) is 0 Å². The van der Waals surface area contributed by atoms with Crippen LogP contribution in [0.15, 0.2) is 12.3 Å². The lowest BCUT2D eigenvalue weighted by Crippen LogP contribution is -2.72. The van der Waals surface area contributed by atoms with E-state index >= 15 is 0 Å². The molecule has 148 valence electrons. The molecule has 0 bridgehead atoms. The maximum atomic E-state index is 12.5. The van der Waals surface area contributed by atoms with Gasteiger partial charge in [-0.15, -0.1) is 0 Å². The van der Waals surface area contributed by atoms with Crippen molar-refractivity contribution in [2.45, 2.75) is 31.8 Å². The van der Waals surface area contributed by atoms with Crippen LogP contribution in [-0.2, 0) is 11.3 Å². The molecule has 1 amide bonds. The Morgan fingerprint density at radius 3 is 2.85 bits per heavy atom. The number of hydrogen-bond donors (Lipinski definition) is 2. The first-order chi connectivity index (χ1) is 13.1. The van der Waals surface area contributed by atoms with Crippen molar-refractivity contribution in [1.82, 2.24) is 35.3 Å². The van der Waals surface area contributed by atoms with E-state index in [1.165, 1.54) is 0 Å². The van der Waals surface area contributed by atoms with E-state index in [9.17, 15) is 4.79 Å². The van der Waals surface area contributed by atoms with Gasteiger partial charge in [0.25, 0.3) is 0 Å². The van der Waals surface area contributed by atoms with Gasteiger partial charge in [0.05, 0.1) is 25.7 Å². The molecule has 9 heteroatoms. The third kappa shape index (κ3) is 4.06.